The van der Waals surface area contributed by atoms with Gasteiger partial charge in [-0.05, 0) is 18.4 Å². The molecule has 4 nitrogen and oxygen atoms in total. The van der Waals surface area contributed by atoms with Crippen LogP contribution in [0.2, 0.25) is 0 Å². The zero-order valence-corrected chi connectivity index (χ0v) is 9.87. The van der Waals surface area contributed by atoms with Crippen molar-refractivity contribution in [3.05, 3.63) is 22.4 Å². The molecular weight excluding hydrogens is 212 g/mol. The van der Waals surface area contributed by atoms with Gasteiger partial charge < -0.3 is 9.75 Å². The first kappa shape index (κ1) is 11.7. The SMILES string of the molecule is CCOC(=O)/C(=N/N(C)C)c1cccs1. The molecular formula is C10H14N2O2S. The van der Waals surface area contributed by atoms with Gasteiger partial charge in [0.15, 0.2) is 5.71 Å². The van der Waals surface area contributed by atoms with Gasteiger partial charge in [0.05, 0.1) is 11.5 Å². The average molecular weight is 226 g/mol. The van der Waals surface area contributed by atoms with Gasteiger partial charge >= 0.3 is 5.97 Å². The van der Waals surface area contributed by atoms with E-state index in [4.69, 9.17) is 4.74 Å². The van der Waals surface area contributed by atoms with Gasteiger partial charge in [0.1, 0.15) is 0 Å². The second-order valence-electron chi connectivity index (χ2n) is 2.99. The number of thiophene rings is 1. The number of nitrogens with zero attached hydrogens (tertiary/aromatic N) is 2. The zero-order chi connectivity index (χ0) is 11.3. The van der Waals surface area contributed by atoms with Gasteiger partial charge in [0, 0.05) is 14.1 Å². The van der Waals surface area contributed by atoms with Crippen LogP contribution in [0.1, 0.15) is 11.8 Å². The monoisotopic (exact) mass is 226 g/mol. The Labute approximate surface area is 93.2 Å². The first-order chi connectivity index (χ1) is 7.15. The summed E-state index contributed by atoms with van der Waals surface area (Å²) < 4.78 is 4.94. The van der Waals surface area contributed by atoms with Crippen LogP contribution in [0, 0.1) is 0 Å². The van der Waals surface area contributed by atoms with E-state index in [2.05, 4.69) is 5.10 Å². The van der Waals surface area contributed by atoms with Crippen molar-refractivity contribution in [3.8, 4) is 0 Å². The summed E-state index contributed by atoms with van der Waals surface area (Å²) in [7, 11) is 3.54. The molecule has 1 rings (SSSR count). The summed E-state index contributed by atoms with van der Waals surface area (Å²) in [6.07, 6.45) is 0. The first-order valence-corrected chi connectivity index (χ1v) is 5.50. The Morgan fingerprint density at radius 1 is 1.60 bits per heavy atom. The van der Waals surface area contributed by atoms with E-state index in [1.165, 1.54) is 11.3 Å². The number of rotatable bonds is 4. The smallest absolute Gasteiger partial charge is 0.360 e. The quantitative estimate of drug-likeness (QED) is 0.444. The molecule has 0 aromatic carbocycles. The fourth-order valence-electron chi connectivity index (χ4n) is 1.00. The van der Waals surface area contributed by atoms with Crippen LogP contribution in [0.3, 0.4) is 0 Å². The molecule has 0 N–H and O–H groups in total. The van der Waals surface area contributed by atoms with Crippen LogP contribution < -0.4 is 0 Å². The predicted molar refractivity (Wildman–Crippen MR) is 61.2 cm³/mol. The van der Waals surface area contributed by atoms with Crippen molar-refractivity contribution < 1.29 is 9.53 Å². The maximum Gasteiger partial charge on any atom is 0.360 e. The molecule has 0 spiro atoms. The molecule has 0 bridgehead atoms. The molecule has 0 radical (unpaired) electrons. The van der Waals surface area contributed by atoms with Gasteiger partial charge in [0.2, 0.25) is 0 Å². The topological polar surface area (TPSA) is 41.9 Å². The number of ether oxygens (including phenoxy) is 1. The summed E-state index contributed by atoms with van der Waals surface area (Å²) in [5.74, 6) is -0.381. The van der Waals surface area contributed by atoms with Crippen molar-refractivity contribution in [2.45, 2.75) is 6.92 Å². The molecule has 0 atom stereocenters. The highest BCUT2D eigenvalue weighted by atomic mass is 32.1. The summed E-state index contributed by atoms with van der Waals surface area (Å²) in [5, 5.41) is 7.62. The van der Waals surface area contributed by atoms with E-state index in [1.807, 2.05) is 17.5 Å². The zero-order valence-electron chi connectivity index (χ0n) is 9.06. The minimum absolute atomic E-state index is 0.358. The molecule has 0 aliphatic heterocycles. The van der Waals surface area contributed by atoms with Crippen molar-refractivity contribution >= 4 is 23.0 Å². The van der Waals surface area contributed by atoms with Crippen LogP contribution in [0.15, 0.2) is 22.6 Å². The molecule has 0 aliphatic carbocycles. The van der Waals surface area contributed by atoms with Crippen molar-refractivity contribution in [2.24, 2.45) is 5.10 Å². The van der Waals surface area contributed by atoms with E-state index in [9.17, 15) is 4.79 Å². The lowest BCUT2D eigenvalue weighted by atomic mass is 10.3. The molecule has 0 fully saturated rings. The van der Waals surface area contributed by atoms with Crippen LogP contribution in [0.25, 0.3) is 0 Å². The number of carbonyl (C=O) groups excluding carboxylic acids is 1. The summed E-state index contributed by atoms with van der Waals surface area (Å²) >= 11 is 1.47. The van der Waals surface area contributed by atoms with E-state index in [1.54, 1.807) is 26.0 Å². The lowest BCUT2D eigenvalue weighted by molar-refractivity contribution is -0.135. The van der Waals surface area contributed by atoms with Crippen LogP contribution in [-0.2, 0) is 9.53 Å². The Balaban J connectivity index is 2.94. The second-order valence-corrected chi connectivity index (χ2v) is 3.94. The molecule has 15 heavy (non-hydrogen) atoms. The molecule has 1 heterocycles. The van der Waals surface area contributed by atoms with Gasteiger partial charge in [0.25, 0.3) is 0 Å². The number of hydrogen-bond acceptors (Lipinski definition) is 5. The first-order valence-electron chi connectivity index (χ1n) is 4.62. The van der Waals surface area contributed by atoms with Crippen molar-refractivity contribution in [3.63, 3.8) is 0 Å². The lowest BCUT2D eigenvalue weighted by Crippen LogP contribution is -2.21. The molecule has 1 aromatic heterocycles. The fourth-order valence-corrected chi connectivity index (χ4v) is 1.70. The summed E-state index contributed by atoms with van der Waals surface area (Å²) in [4.78, 5) is 12.4. The summed E-state index contributed by atoms with van der Waals surface area (Å²) in [6.45, 7) is 2.14. The van der Waals surface area contributed by atoms with Gasteiger partial charge in [-0.25, -0.2) is 4.79 Å². The minimum atomic E-state index is -0.381. The highest BCUT2D eigenvalue weighted by Gasteiger charge is 2.16. The van der Waals surface area contributed by atoms with Gasteiger partial charge in [-0.2, -0.15) is 5.10 Å². The Kier molecular flexibility index (Phi) is 4.30. The molecule has 0 aliphatic rings. The molecule has 82 valence electrons. The summed E-state index contributed by atoms with van der Waals surface area (Å²) in [5.41, 5.74) is 0.358. The third-order valence-corrected chi connectivity index (χ3v) is 2.40. The number of hydrogen-bond donors (Lipinski definition) is 0. The second kappa shape index (κ2) is 5.50. The summed E-state index contributed by atoms with van der Waals surface area (Å²) in [6, 6.07) is 3.73. The van der Waals surface area contributed by atoms with Gasteiger partial charge in [-0.15, -0.1) is 11.3 Å². The number of hydrazone groups is 1. The highest BCUT2D eigenvalue weighted by molar-refractivity contribution is 7.13. The van der Waals surface area contributed by atoms with E-state index in [0.717, 1.165) is 4.88 Å². The Morgan fingerprint density at radius 2 is 2.33 bits per heavy atom. The van der Waals surface area contributed by atoms with Crippen molar-refractivity contribution in [1.82, 2.24) is 5.01 Å². The molecule has 5 heteroatoms. The Morgan fingerprint density at radius 3 is 2.80 bits per heavy atom. The predicted octanol–water partition coefficient (Wildman–Crippen LogP) is 1.58. The highest BCUT2D eigenvalue weighted by Crippen LogP contribution is 2.11. The van der Waals surface area contributed by atoms with Crippen LogP contribution >= 0.6 is 11.3 Å². The molecule has 0 unspecified atom stereocenters. The van der Waals surface area contributed by atoms with E-state index in [0.29, 0.717) is 12.3 Å². The third kappa shape index (κ3) is 3.36. The van der Waals surface area contributed by atoms with Crippen LogP contribution in [0.4, 0.5) is 0 Å². The van der Waals surface area contributed by atoms with Gasteiger partial charge in [-0.3, -0.25) is 0 Å². The Bertz CT molecular complexity index is 344. The lowest BCUT2D eigenvalue weighted by Gasteiger charge is -2.08. The average Bonchev–Trinajstić information content (AvgIpc) is 2.66. The standard InChI is InChI=1S/C10H14N2O2S/c1-4-14-10(13)9(11-12(2)3)8-6-5-7-15-8/h5-7H,4H2,1-3H3/b11-9+. The Hall–Kier alpha value is -1.36. The fraction of sp³-hybridized carbons (Fsp3) is 0.400. The minimum Gasteiger partial charge on any atom is -0.461 e. The van der Waals surface area contributed by atoms with E-state index in [-0.39, 0.29) is 5.97 Å². The largest absolute Gasteiger partial charge is 0.461 e. The van der Waals surface area contributed by atoms with Crippen molar-refractivity contribution in [2.75, 3.05) is 20.7 Å². The molecule has 0 saturated carbocycles. The maximum absolute atomic E-state index is 11.6. The van der Waals surface area contributed by atoms with Crippen LogP contribution in [-0.4, -0.2) is 37.4 Å². The number of carbonyl (C=O) groups is 1. The molecule has 1 aromatic rings. The van der Waals surface area contributed by atoms with Gasteiger partial charge in [-0.1, -0.05) is 6.07 Å². The van der Waals surface area contributed by atoms with Crippen LogP contribution in [0.5, 0.6) is 0 Å². The maximum atomic E-state index is 11.6. The number of esters is 1. The third-order valence-electron chi connectivity index (χ3n) is 1.52. The van der Waals surface area contributed by atoms with E-state index < -0.39 is 0 Å². The molecule has 0 saturated heterocycles. The van der Waals surface area contributed by atoms with Crippen molar-refractivity contribution in [1.29, 1.82) is 0 Å². The van der Waals surface area contributed by atoms with E-state index >= 15 is 0 Å². The molecule has 0 amide bonds. The normalized spacial score (nSPS) is 11.3.